The molecule has 6 nitrogen and oxygen atoms in total. The van der Waals surface area contributed by atoms with Crippen LogP contribution in [-0.2, 0) is 20.1 Å². The van der Waals surface area contributed by atoms with Gasteiger partial charge in [-0.05, 0) is 24.1 Å². The fraction of sp³-hybridized carbons (Fsp3) is 0.333. The summed E-state index contributed by atoms with van der Waals surface area (Å²) in [6.45, 7) is 2.17. The molecular formula is C15H18N2O4. The maximum atomic E-state index is 11.1. The lowest BCUT2D eigenvalue weighted by atomic mass is 10.1. The summed E-state index contributed by atoms with van der Waals surface area (Å²) in [6.07, 6.45) is 2.22. The number of carbonyl (C=O) groups is 1. The van der Waals surface area contributed by atoms with Crippen molar-refractivity contribution in [1.29, 1.82) is 0 Å². The average molecular weight is 290 g/mol. The number of hydrogen-bond acceptors (Lipinski definition) is 4. The Bertz CT molecular complexity index is 649. The summed E-state index contributed by atoms with van der Waals surface area (Å²) >= 11 is 0. The second-order valence-electron chi connectivity index (χ2n) is 4.56. The van der Waals surface area contributed by atoms with Crippen molar-refractivity contribution in [3.05, 3.63) is 41.2 Å². The molecule has 0 amide bonds. The quantitative estimate of drug-likeness (QED) is 0.883. The largest absolute Gasteiger partial charge is 0.493 e. The zero-order valence-electron chi connectivity index (χ0n) is 12.3. The molecule has 0 aliphatic heterocycles. The number of ether oxygens (including phenoxy) is 2. The van der Waals surface area contributed by atoms with Gasteiger partial charge in [0.2, 0.25) is 0 Å². The highest BCUT2D eigenvalue weighted by Crippen LogP contribution is 2.29. The summed E-state index contributed by atoms with van der Waals surface area (Å²) < 4.78 is 12.5. The van der Waals surface area contributed by atoms with Crippen molar-refractivity contribution in [2.75, 3.05) is 7.11 Å². The van der Waals surface area contributed by atoms with Crippen LogP contribution in [0.4, 0.5) is 0 Å². The standard InChI is InChI=1S/C15H18N2O4/c1-4-10-5-6-13(14(7-10)20-3)21-9-12-11(15(18)19)8-16-17(12)2/h5-8H,4,9H2,1-3H3,(H,18,19). The van der Waals surface area contributed by atoms with E-state index in [2.05, 4.69) is 12.0 Å². The van der Waals surface area contributed by atoms with E-state index >= 15 is 0 Å². The lowest BCUT2D eigenvalue weighted by molar-refractivity contribution is 0.0693. The summed E-state index contributed by atoms with van der Waals surface area (Å²) in [5.74, 6) is 0.190. The maximum Gasteiger partial charge on any atom is 0.339 e. The number of nitrogens with zero attached hydrogens (tertiary/aromatic N) is 2. The summed E-state index contributed by atoms with van der Waals surface area (Å²) in [4.78, 5) is 11.1. The fourth-order valence-electron chi connectivity index (χ4n) is 2.01. The molecule has 0 atom stereocenters. The normalized spacial score (nSPS) is 10.4. The van der Waals surface area contributed by atoms with Crippen LogP contribution in [0.1, 0.15) is 28.5 Å². The van der Waals surface area contributed by atoms with Gasteiger partial charge in [-0.2, -0.15) is 5.10 Å². The number of hydrogen-bond donors (Lipinski definition) is 1. The monoisotopic (exact) mass is 290 g/mol. The Morgan fingerprint density at radius 2 is 2.14 bits per heavy atom. The summed E-state index contributed by atoms with van der Waals surface area (Å²) in [5, 5.41) is 13.1. The molecule has 1 N–H and O–H groups in total. The van der Waals surface area contributed by atoms with Gasteiger partial charge in [0, 0.05) is 7.05 Å². The predicted molar refractivity (Wildman–Crippen MR) is 76.9 cm³/mol. The molecule has 1 aromatic heterocycles. The minimum atomic E-state index is -1.02. The fourth-order valence-corrected chi connectivity index (χ4v) is 2.01. The van der Waals surface area contributed by atoms with Gasteiger partial charge in [0.15, 0.2) is 11.5 Å². The lowest BCUT2D eigenvalue weighted by Crippen LogP contribution is -2.09. The van der Waals surface area contributed by atoms with Crippen molar-refractivity contribution < 1.29 is 19.4 Å². The van der Waals surface area contributed by atoms with Crippen LogP contribution in [0.5, 0.6) is 11.5 Å². The van der Waals surface area contributed by atoms with Gasteiger partial charge in [-0.3, -0.25) is 4.68 Å². The molecule has 1 aromatic carbocycles. The van der Waals surface area contributed by atoms with Crippen molar-refractivity contribution in [2.45, 2.75) is 20.0 Å². The summed E-state index contributed by atoms with van der Waals surface area (Å²) in [7, 11) is 3.26. The molecule has 0 bridgehead atoms. The van der Waals surface area contributed by atoms with Crippen LogP contribution in [0.15, 0.2) is 24.4 Å². The highest BCUT2D eigenvalue weighted by molar-refractivity contribution is 5.88. The molecule has 0 aliphatic carbocycles. The molecule has 2 rings (SSSR count). The first-order chi connectivity index (χ1) is 10.1. The van der Waals surface area contributed by atoms with Crippen molar-refractivity contribution in [3.8, 4) is 11.5 Å². The number of carboxylic acid groups (broad SMARTS) is 1. The maximum absolute atomic E-state index is 11.1. The molecule has 1 heterocycles. The topological polar surface area (TPSA) is 73.6 Å². The van der Waals surface area contributed by atoms with E-state index in [0.29, 0.717) is 17.2 Å². The SMILES string of the molecule is CCc1ccc(OCc2c(C(=O)O)cnn2C)c(OC)c1. The number of aromatic nitrogens is 2. The first-order valence-corrected chi connectivity index (χ1v) is 6.60. The van der Waals surface area contributed by atoms with Gasteiger partial charge in [-0.25, -0.2) is 4.79 Å². The third kappa shape index (κ3) is 3.16. The van der Waals surface area contributed by atoms with E-state index in [0.717, 1.165) is 12.0 Å². The number of benzene rings is 1. The Hall–Kier alpha value is -2.50. The van der Waals surface area contributed by atoms with Gasteiger partial charge < -0.3 is 14.6 Å². The molecular weight excluding hydrogens is 272 g/mol. The Morgan fingerprint density at radius 3 is 2.76 bits per heavy atom. The number of rotatable bonds is 6. The lowest BCUT2D eigenvalue weighted by Gasteiger charge is -2.12. The number of carboxylic acids is 1. The zero-order valence-corrected chi connectivity index (χ0v) is 12.3. The zero-order chi connectivity index (χ0) is 15.4. The van der Waals surface area contributed by atoms with Crippen LogP contribution in [0.2, 0.25) is 0 Å². The van der Waals surface area contributed by atoms with Crippen molar-refractivity contribution >= 4 is 5.97 Å². The molecule has 6 heteroatoms. The van der Waals surface area contributed by atoms with Gasteiger partial charge in [0.25, 0.3) is 0 Å². The Kier molecular flexibility index (Phi) is 4.47. The van der Waals surface area contributed by atoms with E-state index in [1.807, 2.05) is 18.2 Å². The Morgan fingerprint density at radius 1 is 1.38 bits per heavy atom. The highest BCUT2D eigenvalue weighted by Gasteiger charge is 2.16. The summed E-state index contributed by atoms with van der Waals surface area (Å²) in [6, 6.07) is 5.70. The third-order valence-corrected chi connectivity index (χ3v) is 3.29. The Labute approximate surface area is 122 Å². The second-order valence-corrected chi connectivity index (χ2v) is 4.56. The molecule has 0 spiro atoms. The van der Waals surface area contributed by atoms with E-state index in [-0.39, 0.29) is 12.2 Å². The van der Waals surface area contributed by atoms with Crippen molar-refractivity contribution in [2.24, 2.45) is 7.05 Å². The first-order valence-electron chi connectivity index (χ1n) is 6.60. The molecule has 0 saturated carbocycles. The minimum absolute atomic E-state index is 0.111. The summed E-state index contributed by atoms with van der Waals surface area (Å²) in [5.41, 5.74) is 1.79. The average Bonchev–Trinajstić information content (AvgIpc) is 2.86. The molecule has 0 unspecified atom stereocenters. The van der Waals surface area contributed by atoms with Gasteiger partial charge in [-0.15, -0.1) is 0 Å². The molecule has 0 radical (unpaired) electrons. The number of methoxy groups -OCH3 is 1. The minimum Gasteiger partial charge on any atom is -0.493 e. The third-order valence-electron chi connectivity index (χ3n) is 3.29. The smallest absolute Gasteiger partial charge is 0.339 e. The van der Waals surface area contributed by atoms with Gasteiger partial charge in [-0.1, -0.05) is 13.0 Å². The van der Waals surface area contributed by atoms with E-state index in [1.54, 1.807) is 14.2 Å². The Balaban J connectivity index is 2.20. The van der Waals surface area contributed by atoms with Gasteiger partial charge >= 0.3 is 5.97 Å². The van der Waals surface area contributed by atoms with Crippen LogP contribution in [0.3, 0.4) is 0 Å². The van der Waals surface area contributed by atoms with Crippen molar-refractivity contribution in [1.82, 2.24) is 9.78 Å². The van der Waals surface area contributed by atoms with Gasteiger partial charge in [0.05, 0.1) is 19.0 Å². The predicted octanol–water partition coefficient (Wildman–Crippen LogP) is 2.27. The second kappa shape index (κ2) is 6.30. The van der Waals surface area contributed by atoms with Crippen LogP contribution in [0, 0.1) is 0 Å². The first kappa shape index (κ1) is 14.9. The highest BCUT2D eigenvalue weighted by atomic mass is 16.5. The molecule has 112 valence electrons. The van der Waals surface area contributed by atoms with Crippen LogP contribution >= 0.6 is 0 Å². The van der Waals surface area contributed by atoms with E-state index in [1.165, 1.54) is 10.9 Å². The molecule has 0 aliphatic rings. The number of aryl methyl sites for hydroxylation is 2. The molecule has 21 heavy (non-hydrogen) atoms. The van der Waals surface area contributed by atoms with Crippen LogP contribution in [-0.4, -0.2) is 28.0 Å². The van der Waals surface area contributed by atoms with Crippen LogP contribution in [0.25, 0.3) is 0 Å². The van der Waals surface area contributed by atoms with Crippen molar-refractivity contribution in [3.63, 3.8) is 0 Å². The van der Waals surface area contributed by atoms with Gasteiger partial charge in [0.1, 0.15) is 12.2 Å². The molecule has 2 aromatic rings. The molecule has 0 saturated heterocycles. The van der Waals surface area contributed by atoms with Crippen LogP contribution < -0.4 is 9.47 Å². The van der Waals surface area contributed by atoms with E-state index < -0.39 is 5.97 Å². The number of aromatic carboxylic acids is 1. The molecule has 0 fully saturated rings. The van der Waals surface area contributed by atoms with E-state index in [4.69, 9.17) is 14.6 Å². The van der Waals surface area contributed by atoms with E-state index in [9.17, 15) is 4.79 Å².